The molecule has 5 rings (SSSR count). The van der Waals surface area contributed by atoms with Crippen LogP contribution in [0.15, 0.2) is 53.6 Å². The van der Waals surface area contributed by atoms with Gasteiger partial charge in [0.1, 0.15) is 12.4 Å². The van der Waals surface area contributed by atoms with E-state index < -0.39 is 10.0 Å². The standard InChI is InChI=1S/C27H33N5O5S/c1-30(2)26-23(24(33)19-37-25-9-5-6-16-36-25)18-28-27(29-26)31-12-14-32(15-13-31)38(34,35)22-11-10-20-7-3-4-8-21(20)17-22/h3-4,7-8,10-11,17-18,25H,5-6,9,12-16,19H2,1-2H3. The molecule has 0 radical (unpaired) electrons. The Balaban J connectivity index is 1.25. The van der Waals surface area contributed by atoms with E-state index in [4.69, 9.17) is 9.47 Å². The van der Waals surface area contributed by atoms with E-state index in [0.29, 0.717) is 55.0 Å². The lowest BCUT2D eigenvalue weighted by Gasteiger charge is -2.34. The smallest absolute Gasteiger partial charge is 0.243 e. The SMILES string of the molecule is CN(C)c1nc(N2CCN(S(=O)(=O)c3ccc4ccccc4c3)CC2)ncc1C(=O)COC1CCCCO1. The lowest BCUT2D eigenvalue weighted by Crippen LogP contribution is -2.49. The Hall–Kier alpha value is -3.12. The zero-order valence-electron chi connectivity index (χ0n) is 21.7. The first-order valence-corrected chi connectivity index (χ1v) is 14.3. The highest BCUT2D eigenvalue weighted by atomic mass is 32.2. The van der Waals surface area contributed by atoms with Crippen molar-refractivity contribution in [1.82, 2.24) is 14.3 Å². The Labute approximate surface area is 223 Å². The van der Waals surface area contributed by atoms with Crippen LogP contribution in [0.2, 0.25) is 0 Å². The number of fused-ring (bicyclic) bond motifs is 1. The number of aromatic nitrogens is 2. The number of nitrogens with zero attached hydrogens (tertiary/aromatic N) is 5. The maximum Gasteiger partial charge on any atom is 0.243 e. The minimum Gasteiger partial charge on any atom is -0.362 e. The summed E-state index contributed by atoms with van der Waals surface area (Å²) in [4.78, 5) is 26.0. The summed E-state index contributed by atoms with van der Waals surface area (Å²) in [6.07, 6.45) is 4.00. The van der Waals surface area contributed by atoms with Gasteiger partial charge in [-0.15, -0.1) is 0 Å². The highest BCUT2D eigenvalue weighted by molar-refractivity contribution is 7.89. The minimum absolute atomic E-state index is 0.0977. The van der Waals surface area contributed by atoms with Crippen LogP contribution in [0.3, 0.4) is 0 Å². The van der Waals surface area contributed by atoms with Crippen molar-refractivity contribution in [3.05, 3.63) is 54.2 Å². The van der Waals surface area contributed by atoms with Crippen molar-refractivity contribution >= 4 is 38.3 Å². The van der Waals surface area contributed by atoms with E-state index in [0.717, 1.165) is 30.0 Å². The van der Waals surface area contributed by atoms with Gasteiger partial charge in [-0.3, -0.25) is 4.79 Å². The van der Waals surface area contributed by atoms with Crippen molar-refractivity contribution in [1.29, 1.82) is 0 Å². The summed E-state index contributed by atoms with van der Waals surface area (Å²) in [6.45, 7) is 2.05. The number of rotatable bonds is 8. The Morgan fingerprint density at radius 3 is 2.55 bits per heavy atom. The summed E-state index contributed by atoms with van der Waals surface area (Å²) >= 11 is 0. The molecule has 2 aromatic carbocycles. The Bertz CT molecular complexity index is 1400. The molecule has 2 saturated heterocycles. The number of sulfonamides is 1. The number of carbonyl (C=O) groups excluding carboxylic acids is 1. The average Bonchev–Trinajstić information content (AvgIpc) is 2.96. The van der Waals surface area contributed by atoms with Gasteiger partial charge in [0, 0.05) is 53.1 Å². The summed E-state index contributed by atoms with van der Waals surface area (Å²) in [5.74, 6) is 0.754. The second-order valence-corrected chi connectivity index (χ2v) is 11.7. The molecule has 0 N–H and O–H groups in total. The summed E-state index contributed by atoms with van der Waals surface area (Å²) in [5, 5.41) is 1.89. The van der Waals surface area contributed by atoms with Crippen LogP contribution < -0.4 is 9.80 Å². The second kappa shape index (κ2) is 11.3. The number of ether oxygens (including phenoxy) is 2. The van der Waals surface area contributed by atoms with E-state index in [1.807, 2.05) is 49.3 Å². The van der Waals surface area contributed by atoms with Gasteiger partial charge in [0.25, 0.3) is 0 Å². The molecule has 10 nitrogen and oxygen atoms in total. The molecule has 3 heterocycles. The quantitative estimate of drug-likeness (QED) is 0.400. The van der Waals surface area contributed by atoms with Crippen LogP contribution in [-0.2, 0) is 19.5 Å². The van der Waals surface area contributed by atoms with Gasteiger partial charge in [-0.1, -0.05) is 30.3 Å². The molecule has 202 valence electrons. The Kier molecular flexibility index (Phi) is 7.89. The zero-order chi connectivity index (χ0) is 26.7. The maximum atomic E-state index is 13.3. The van der Waals surface area contributed by atoms with Crippen LogP contribution in [0.4, 0.5) is 11.8 Å². The first-order chi connectivity index (χ1) is 18.3. The van der Waals surface area contributed by atoms with E-state index in [-0.39, 0.29) is 18.7 Å². The van der Waals surface area contributed by atoms with Crippen LogP contribution in [0.25, 0.3) is 10.8 Å². The number of hydrogen-bond donors (Lipinski definition) is 0. The van der Waals surface area contributed by atoms with Crippen molar-refractivity contribution in [3.63, 3.8) is 0 Å². The van der Waals surface area contributed by atoms with Crippen LogP contribution in [0.5, 0.6) is 0 Å². The van der Waals surface area contributed by atoms with Gasteiger partial charge in [0.05, 0.1) is 10.5 Å². The van der Waals surface area contributed by atoms with E-state index in [2.05, 4.69) is 9.97 Å². The molecule has 0 bridgehead atoms. The molecule has 2 aliphatic rings. The van der Waals surface area contributed by atoms with Crippen LogP contribution in [0, 0.1) is 0 Å². The van der Waals surface area contributed by atoms with Crippen molar-refractivity contribution in [3.8, 4) is 0 Å². The van der Waals surface area contributed by atoms with Gasteiger partial charge < -0.3 is 19.3 Å². The normalized spacial score (nSPS) is 19.0. The third-order valence-electron chi connectivity index (χ3n) is 6.90. The number of carbonyl (C=O) groups is 1. The summed E-state index contributed by atoms with van der Waals surface area (Å²) < 4.78 is 39.4. The maximum absolute atomic E-state index is 13.3. The lowest BCUT2D eigenvalue weighted by molar-refractivity contribution is -0.155. The monoisotopic (exact) mass is 539 g/mol. The van der Waals surface area contributed by atoms with Crippen LogP contribution in [-0.4, -0.2) is 88.3 Å². The molecule has 2 aliphatic heterocycles. The fraction of sp³-hybridized carbons (Fsp3) is 0.444. The molecular weight excluding hydrogens is 506 g/mol. The largest absolute Gasteiger partial charge is 0.362 e. The number of anilines is 2. The third kappa shape index (κ3) is 5.65. The van der Waals surface area contributed by atoms with Crippen molar-refractivity contribution < 1.29 is 22.7 Å². The molecule has 3 aromatic rings. The third-order valence-corrected chi connectivity index (χ3v) is 8.79. The van der Waals surface area contributed by atoms with Crippen molar-refractivity contribution in [2.24, 2.45) is 0 Å². The molecule has 2 fully saturated rings. The highest BCUT2D eigenvalue weighted by Crippen LogP contribution is 2.25. The summed E-state index contributed by atoms with van der Waals surface area (Å²) in [6, 6.07) is 12.9. The van der Waals surface area contributed by atoms with Gasteiger partial charge in [-0.25, -0.2) is 13.4 Å². The van der Waals surface area contributed by atoms with Crippen molar-refractivity contribution in [2.75, 3.05) is 63.3 Å². The predicted molar refractivity (Wildman–Crippen MR) is 145 cm³/mol. The summed E-state index contributed by atoms with van der Waals surface area (Å²) in [5.41, 5.74) is 0.382. The molecular formula is C27H33N5O5S. The molecule has 38 heavy (non-hydrogen) atoms. The highest BCUT2D eigenvalue weighted by Gasteiger charge is 2.30. The number of benzene rings is 2. The minimum atomic E-state index is -3.63. The Morgan fingerprint density at radius 1 is 1.08 bits per heavy atom. The average molecular weight is 540 g/mol. The molecule has 1 unspecified atom stereocenters. The predicted octanol–water partition coefficient (Wildman–Crippen LogP) is 2.93. The number of ketones is 1. The molecule has 0 spiro atoms. The van der Waals surface area contributed by atoms with E-state index in [1.54, 1.807) is 17.0 Å². The molecule has 0 amide bonds. The van der Waals surface area contributed by atoms with Crippen LogP contribution in [0.1, 0.15) is 29.6 Å². The first-order valence-electron chi connectivity index (χ1n) is 12.9. The van der Waals surface area contributed by atoms with Crippen molar-refractivity contribution in [2.45, 2.75) is 30.4 Å². The van der Waals surface area contributed by atoms with Crippen LogP contribution >= 0.6 is 0 Å². The van der Waals surface area contributed by atoms with Gasteiger partial charge in [0.15, 0.2) is 12.1 Å². The van der Waals surface area contributed by atoms with E-state index in [9.17, 15) is 13.2 Å². The summed E-state index contributed by atoms with van der Waals surface area (Å²) in [7, 11) is 0.0174. The van der Waals surface area contributed by atoms with Gasteiger partial charge >= 0.3 is 0 Å². The fourth-order valence-electron chi connectivity index (χ4n) is 4.75. The van der Waals surface area contributed by atoms with Gasteiger partial charge in [-0.05, 0) is 42.2 Å². The van der Waals surface area contributed by atoms with E-state index in [1.165, 1.54) is 10.5 Å². The number of Topliss-reactive ketones (excluding diaryl/α,β-unsaturated/α-hetero) is 1. The number of piperazine rings is 1. The lowest BCUT2D eigenvalue weighted by atomic mass is 10.1. The Morgan fingerprint density at radius 2 is 1.84 bits per heavy atom. The zero-order valence-corrected chi connectivity index (χ0v) is 22.6. The molecule has 0 saturated carbocycles. The fourth-order valence-corrected chi connectivity index (χ4v) is 6.21. The topological polar surface area (TPSA) is 105 Å². The number of hydrogen-bond acceptors (Lipinski definition) is 9. The molecule has 1 aromatic heterocycles. The van der Waals surface area contributed by atoms with Gasteiger partial charge in [0.2, 0.25) is 16.0 Å². The molecule has 0 aliphatic carbocycles. The molecule has 11 heteroatoms. The first kappa shape index (κ1) is 26.5. The molecule has 1 atom stereocenters. The van der Waals surface area contributed by atoms with Gasteiger partial charge in [-0.2, -0.15) is 9.29 Å². The second-order valence-electron chi connectivity index (χ2n) is 9.73. The van der Waals surface area contributed by atoms with E-state index >= 15 is 0 Å².